The molecule has 2 N–H and O–H groups in total. The van der Waals surface area contributed by atoms with Crippen LogP contribution in [0.5, 0.6) is 0 Å². The number of hydrogen-bond donors (Lipinski definition) is 1. The van der Waals surface area contributed by atoms with Crippen molar-refractivity contribution >= 4 is 63.8 Å². The van der Waals surface area contributed by atoms with Crippen molar-refractivity contribution in [1.82, 2.24) is 4.90 Å². The Morgan fingerprint density at radius 2 is 2.00 bits per heavy atom. The van der Waals surface area contributed by atoms with Crippen LogP contribution in [0.25, 0.3) is 6.08 Å². The van der Waals surface area contributed by atoms with E-state index in [4.69, 9.17) is 28.9 Å². The number of thioether (sulfide) groups is 1. The van der Waals surface area contributed by atoms with E-state index in [1.54, 1.807) is 0 Å². The number of amides is 3. The smallest absolute Gasteiger partial charge is 0.294 e. The van der Waals surface area contributed by atoms with Crippen LogP contribution in [-0.2, 0) is 9.59 Å². The molecule has 1 aliphatic rings. The van der Waals surface area contributed by atoms with E-state index in [0.29, 0.717) is 16.7 Å². The number of rotatable bonds is 4. The van der Waals surface area contributed by atoms with Crippen LogP contribution in [-0.4, -0.2) is 33.4 Å². The fourth-order valence-corrected chi connectivity index (χ4v) is 3.07. The number of nitrogens with two attached hydrogens (primary N) is 1. The van der Waals surface area contributed by atoms with E-state index in [9.17, 15) is 24.5 Å². The molecular formula is C12H7Cl2N3O5S. The summed E-state index contributed by atoms with van der Waals surface area (Å²) >= 11 is 12.2. The summed E-state index contributed by atoms with van der Waals surface area (Å²) in [6, 6.07) is 2.26. The number of hydrogen-bond acceptors (Lipinski definition) is 6. The summed E-state index contributed by atoms with van der Waals surface area (Å²) < 4.78 is 0. The predicted octanol–water partition coefficient (Wildman–Crippen LogP) is 2.42. The maximum atomic E-state index is 12.1. The van der Waals surface area contributed by atoms with Gasteiger partial charge in [-0.2, -0.15) is 0 Å². The van der Waals surface area contributed by atoms with Crippen molar-refractivity contribution in [1.29, 1.82) is 0 Å². The van der Waals surface area contributed by atoms with Gasteiger partial charge in [-0.3, -0.25) is 29.4 Å². The Kier molecular flexibility index (Phi) is 4.93. The van der Waals surface area contributed by atoms with Gasteiger partial charge in [0, 0.05) is 16.7 Å². The van der Waals surface area contributed by atoms with Crippen molar-refractivity contribution in [3.63, 3.8) is 0 Å². The maximum absolute atomic E-state index is 12.1. The molecule has 0 saturated carbocycles. The first-order chi connectivity index (χ1) is 10.7. The van der Waals surface area contributed by atoms with Gasteiger partial charge in [0.15, 0.2) is 0 Å². The molecule has 23 heavy (non-hydrogen) atoms. The summed E-state index contributed by atoms with van der Waals surface area (Å²) in [6.45, 7) is -0.545. The SMILES string of the molecule is NC(=O)CN1C(=O)S/C(=C\c2cc([N+](=O)[O-])c(Cl)cc2Cl)C1=O. The van der Waals surface area contributed by atoms with Crippen LogP contribution >= 0.6 is 35.0 Å². The summed E-state index contributed by atoms with van der Waals surface area (Å²) in [5.41, 5.74) is 4.72. The van der Waals surface area contributed by atoms with Crippen molar-refractivity contribution in [2.75, 3.05) is 6.54 Å². The van der Waals surface area contributed by atoms with Crippen molar-refractivity contribution in [3.05, 3.63) is 42.8 Å². The second-order valence-corrected chi connectivity index (χ2v) is 6.12. The molecular weight excluding hydrogens is 369 g/mol. The minimum Gasteiger partial charge on any atom is -0.368 e. The highest BCUT2D eigenvalue weighted by Gasteiger charge is 2.36. The molecule has 0 radical (unpaired) electrons. The van der Waals surface area contributed by atoms with Gasteiger partial charge in [0.2, 0.25) is 5.91 Å². The second kappa shape index (κ2) is 6.57. The fourth-order valence-electron chi connectivity index (χ4n) is 1.74. The number of imide groups is 1. The number of carbonyl (C=O) groups is 3. The number of nitro benzene ring substituents is 1. The molecule has 0 bridgehead atoms. The Morgan fingerprint density at radius 1 is 1.35 bits per heavy atom. The van der Waals surface area contributed by atoms with E-state index in [1.807, 2.05) is 0 Å². The van der Waals surface area contributed by atoms with E-state index >= 15 is 0 Å². The number of nitro groups is 1. The zero-order valence-corrected chi connectivity index (χ0v) is 13.4. The van der Waals surface area contributed by atoms with Gasteiger partial charge in [-0.05, 0) is 23.9 Å². The molecule has 2 rings (SSSR count). The lowest BCUT2D eigenvalue weighted by molar-refractivity contribution is -0.384. The van der Waals surface area contributed by atoms with Gasteiger partial charge >= 0.3 is 0 Å². The Bertz CT molecular complexity index is 780. The molecule has 3 amide bonds. The number of benzene rings is 1. The zero-order chi connectivity index (χ0) is 17.3. The number of carbonyl (C=O) groups excluding carboxylic acids is 3. The van der Waals surface area contributed by atoms with Gasteiger partial charge in [0.05, 0.1) is 9.83 Å². The molecule has 1 aromatic carbocycles. The summed E-state index contributed by atoms with van der Waals surface area (Å²) in [6.07, 6.45) is 1.22. The highest BCUT2D eigenvalue weighted by Crippen LogP contribution is 2.36. The number of halogens is 2. The number of primary amides is 1. The molecule has 1 aromatic rings. The van der Waals surface area contributed by atoms with E-state index in [0.717, 1.165) is 6.07 Å². The summed E-state index contributed by atoms with van der Waals surface area (Å²) in [5.74, 6) is -1.57. The Hall–Kier alpha value is -2.10. The molecule has 1 aliphatic heterocycles. The van der Waals surface area contributed by atoms with Gasteiger partial charge in [-0.25, -0.2) is 0 Å². The largest absolute Gasteiger partial charge is 0.368 e. The third-order valence-electron chi connectivity index (χ3n) is 2.74. The normalized spacial score (nSPS) is 16.3. The van der Waals surface area contributed by atoms with Crippen LogP contribution in [0.4, 0.5) is 10.5 Å². The van der Waals surface area contributed by atoms with E-state index in [2.05, 4.69) is 0 Å². The topological polar surface area (TPSA) is 124 Å². The van der Waals surface area contributed by atoms with Gasteiger partial charge in [-0.15, -0.1) is 0 Å². The Morgan fingerprint density at radius 3 is 2.57 bits per heavy atom. The van der Waals surface area contributed by atoms with Crippen LogP contribution in [0.3, 0.4) is 0 Å². The van der Waals surface area contributed by atoms with E-state index < -0.39 is 34.2 Å². The van der Waals surface area contributed by atoms with Crippen LogP contribution in [0.1, 0.15) is 5.56 Å². The zero-order valence-electron chi connectivity index (χ0n) is 11.1. The molecule has 1 fully saturated rings. The fraction of sp³-hybridized carbons (Fsp3) is 0.0833. The third-order valence-corrected chi connectivity index (χ3v) is 4.27. The summed E-state index contributed by atoms with van der Waals surface area (Å²) in [7, 11) is 0. The van der Waals surface area contributed by atoms with Crippen LogP contribution < -0.4 is 5.73 Å². The average molecular weight is 376 g/mol. The molecule has 0 atom stereocenters. The predicted molar refractivity (Wildman–Crippen MR) is 85.0 cm³/mol. The van der Waals surface area contributed by atoms with E-state index in [-0.39, 0.29) is 20.5 Å². The Balaban J connectivity index is 2.41. The Labute approximate surface area is 143 Å². The highest BCUT2D eigenvalue weighted by molar-refractivity contribution is 8.18. The van der Waals surface area contributed by atoms with Crippen LogP contribution in [0, 0.1) is 10.1 Å². The molecule has 1 saturated heterocycles. The lowest BCUT2D eigenvalue weighted by atomic mass is 10.2. The van der Waals surface area contributed by atoms with Crippen molar-refractivity contribution in [2.24, 2.45) is 5.73 Å². The van der Waals surface area contributed by atoms with Gasteiger partial charge in [0.25, 0.3) is 16.8 Å². The minimum atomic E-state index is -0.839. The van der Waals surface area contributed by atoms with Crippen LogP contribution in [0.2, 0.25) is 10.0 Å². The van der Waals surface area contributed by atoms with Crippen molar-refractivity contribution < 1.29 is 19.3 Å². The minimum absolute atomic E-state index is 0.0326. The third kappa shape index (κ3) is 3.63. The van der Waals surface area contributed by atoms with E-state index in [1.165, 1.54) is 12.1 Å². The number of nitrogens with zero attached hydrogens (tertiary/aromatic N) is 2. The molecule has 0 unspecified atom stereocenters. The first kappa shape index (κ1) is 17.3. The molecule has 0 spiro atoms. The summed E-state index contributed by atoms with van der Waals surface area (Å²) in [5, 5.41) is 10.1. The summed E-state index contributed by atoms with van der Waals surface area (Å²) in [4.78, 5) is 45.4. The first-order valence-electron chi connectivity index (χ1n) is 5.88. The van der Waals surface area contributed by atoms with Crippen molar-refractivity contribution in [2.45, 2.75) is 0 Å². The second-order valence-electron chi connectivity index (χ2n) is 4.32. The molecule has 11 heteroatoms. The standard InChI is InChI=1S/C12H7Cl2N3O5S/c13-6-3-7(14)8(17(21)22)1-5(6)2-9-11(19)16(4-10(15)18)12(20)23-9/h1-3H,4H2,(H2,15,18)/b9-2-. The van der Waals surface area contributed by atoms with Gasteiger partial charge < -0.3 is 5.73 Å². The molecule has 0 aromatic heterocycles. The quantitative estimate of drug-likeness (QED) is 0.489. The van der Waals surface area contributed by atoms with Crippen molar-refractivity contribution in [3.8, 4) is 0 Å². The van der Waals surface area contributed by atoms with Crippen LogP contribution in [0.15, 0.2) is 17.0 Å². The molecule has 0 aliphatic carbocycles. The molecule has 120 valence electrons. The first-order valence-corrected chi connectivity index (χ1v) is 7.45. The molecule has 8 nitrogen and oxygen atoms in total. The average Bonchev–Trinajstić information content (AvgIpc) is 2.68. The monoisotopic (exact) mass is 375 g/mol. The lowest BCUT2D eigenvalue weighted by Gasteiger charge is -2.08. The lowest BCUT2D eigenvalue weighted by Crippen LogP contribution is -2.36. The molecule has 1 heterocycles. The van der Waals surface area contributed by atoms with Gasteiger partial charge in [-0.1, -0.05) is 23.2 Å². The highest BCUT2D eigenvalue weighted by atomic mass is 35.5. The van der Waals surface area contributed by atoms with Gasteiger partial charge in [0.1, 0.15) is 11.6 Å². The maximum Gasteiger partial charge on any atom is 0.294 e.